The first-order valence-electron chi connectivity index (χ1n) is 5.88. The summed E-state index contributed by atoms with van der Waals surface area (Å²) >= 11 is 0. The van der Waals surface area contributed by atoms with E-state index < -0.39 is 12.0 Å². The Morgan fingerprint density at radius 2 is 1.83 bits per heavy atom. The minimum atomic E-state index is -0.868. The molecule has 104 valence electrons. The fourth-order valence-electron chi connectivity index (χ4n) is 1.36. The van der Waals surface area contributed by atoms with Gasteiger partial charge in [0.2, 0.25) is 11.8 Å². The Bertz CT molecular complexity index is 294. The van der Waals surface area contributed by atoms with Crippen molar-refractivity contribution in [3.8, 4) is 0 Å². The second-order valence-corrected chi connectivity index (χ2v) is 3.93. The zero-order chi connectivity index (χ0) is 14.0. The first kappa shape index (κ1) is 16.4. The van der Waals surface area contributed by atoms with Crippen LogP contribution in [0.4, 0.5) is 0 Å². The molecule has 0 rings (SSSR count). The quantitative estimate of drug-likeness (QED) is 0.401. The number of nitrogens with one attached hydrogen (secondary N) is 3. The van der Waals surface area contributed by atoms with Crippen LogP contribution in [-0.2, 0) is 14.4 Å². The van der Waals surface area contributed by atoms with Crippen molar-refractivity contribution in [2.24, 2.45) is 0 Å². The summed E-state index contributed by atoms with van der Waals surface area (Å²) in [7, 11) is 1.61. The normalized spacial score (nSPS) is 11.7. The van der Waals surface area contributed by atoms with E-state index >= 15 is 0 Å². The van der Waals surface area contributed by atoms with Crippen LogP contribution in [0.25, 0.3) is 0 Å². The molecule has 0 aliphatic heterocycles. The third-order valence-corrected chi connectivity index (χ3v) is 2.39. The Kier molecular flexibility index (Phi) is 8.55. The molecular weight excluding hydrogens is 238 g/mol. The summed E-state index contributed by atoms with van der Waals surface area (Å²) in [4.78, 5) is 32.4. The molecule has 0 spiro atoms. The zero-order valence-corrected chi connectivity index (χ0v) is 10.8. The van der Waals surface area contributed by atoms with Crippen molar-refractivity contribution in [1.82, 2.24) is 16.0 Å². The van der Waals surface area contributed by atoms with Crippen LogP contribution in [0, 0.1) is 0 Å². The monoisotopic (exact) mass is 259 g/mol. The van der Waals surface area contributed by atoms with Crippen LogP contribution >= 0.6 is 0 Å². The Hall–Kier alpha value is -1.63. The van der Waals surface area contributed by atoms with Crippen molar-refractivity contribution >= 4 is 17.8 Å². The van der Waals surface area contributed by atoms with E-state index in [0.717, 1.165) is 0 Å². The molecule has 0 aromatic rings. The van der Waals surface area contributed by atoms with Crippen molar-refractivity contribution in [1.29, 1.82) is 0 Å². The minimum absolute atomic E-state index is 0.0242. The van der Waals surface area contributed by atoms with Gasteiger partial charge in [-0.25, -0.2) is 0 Å². The summed E-state index contributed by atoms with van der Waals surface area (Å²) in [5, 5.41) is 16.5. The SMILES string of the molecule is CNC(CCCCNC(=O)CNC(C)=O)C(=O)O. The number of carbonyl (C=O) groups is 3. The van der Waals surface area contributed by atoms with Gasteiger partial charge in [0.15, 0.2) is 0 Å². The summed E-state index contributed by atoms with van der Waals surface area (Å²) in [5.74, 6) is -1.36. The van der Waals surface area contributed by atoms with Gasteiger partial charge in [-0.2, -0.15) is 0 Å². The lowest BCUT2D eigenvalue weighted by Gasteiger charge is -2.10. The number of unbranched alkanes of at least 4 members (excludes halogenated alkanes) is 1. The van der Waals surface area contributed by atoms with E-state index in [-0.39, 0.29) is 18.4 Å². The van der Waals surface area contributed by atoms with Gasteiger partial charge in [-0.3, -0.25) is 14.4 Å². The van der Waals surface area contributed by atoms with Gasteiger partial charge in [-0.15, -0.1) is 0 Å². The zero-order valence-electron chi connectivity index (χ0n) is 10.8. The van der Waals surface area contributed by atoms with Crippen molar-refractivity contribution in [2.75, 3.05) is 20.1 Å². The van der Waals surface area contributed by atoms with Gasteiger partial charge in [0.1, 0.15) is 6.04 Å². The molecule has 2 amide bonds. The Balaban J connectivity index is 3.53. The van der Waals surface area contributed by atoms with E-state index in [1.165, 1.54) is 6.92 Å². The van der Waals surface area contributed by atoms with E-state index in [1.54, 1.807) is 7.05 Å². The number of aliphatic carboxylic acids is 1. The predicted molar refractivity (Wildman–Crippen MR) is 66.0 cm³/mol. The van der Waals surface area contributed by atoms with Gasteiger partial charge >= 0.3 is 5.97 Å². The van der Waals surface area contributed by atoms with E-state index in [0.29, 0.717) is 25.8 Å². The maximum atomic E-state index is 11.2. The third kappa shape index (κ3) is 8.51. The largest absolute Gasteiger partial charge is 0.480 e. The standard InChI is InChI=1S/C11H21N3O4/c1-8(15)14-7-10(16)13-6-4-3-5-9(12-2)11(17)18/h9,12H,3-7H2,1-2H3,(H,13,16)(H,14,15)(H,17,18). The Labute approximate surface area is 106 Å². The van der Waals surface area contributed by atoms with Crippen molar-refractivity contribution in [3.05, 3.63) is 0 Å². The lowest BCUT2D eigenvalue weighted by atomic mass is 10.1. The second kappa shape index (κ2) is 9.41. The number of carboxylic acids is 1. The summed E-state index contributed by atoms with van der Waals surface area (Å²) < 4.78 is 0. The summed E-state index contributed by atoms with van der Waals surface area (Å²) in [5.41, 5.74) is 0. The average Bonchev–Trinajstić information content (AvgIpc) is 2.30. The average molecular weight is 259 g/mol. The molecular formula is C11H21N3O4. The molecule has 0 aliphatic carbocycles. The minimum Gasteiger partial charge on any atom is -0.480 e. The molecule has 4 N–H and O–H groups in total. The number of hydrogen-bond acceptors (Lipinski definition) is 4. The van der Waals surface area contributed by atoms with Crippen LogP contribution in [0.2, 0.25) is 0 Å². The van der Waals surface area contributed by atoms with E-state index in [9.17, 15) is 14.4 Å². The first-order chi connectivity index (χ1) is 8.47. The third-order valence-electron chi connectivity index (χ3n) is 2.39. The fraction of sp³-hybridized carbons (Fsp3) is 0.727. The maximum absolute atomic E-state index is 11.2. The van der Waals surface area contributed by atoms with Gasteiger partial charge in [0.05, 0.1) is 6.54 Å². The molecule has 0 aromatic carbocycles. The van der Waals surface area contributed by atoms with Crippen LogP contribution in [0.3, 0.4) is 0 Å². The number of hydrogen-bond donors (Lipinski definition) is 4. The van der Waals surface area contributed by atoms with Crippen LogP contribution in [0.5, 0.6) is 0 Å². The molecule has 1 atom stereocenters. The van der Waals surface area contributed by atoms with Crippen molar-refractivity contribution in [3.63, 3.8) is 0 Å². The van der Waals surface area contributed by atoms with Crippen LogP contribution in [0.15, 0.2) is 0 Å². The molecule has 7 heteroatoms. The van der Waals surface area contributed by atoms with Crippen molar-refractivity contribution in [2.45, 2.75) is 32.2 Å². The topological polar surface area (TPSA) is 108 Å². The molecule has 0 aliphatic rings. The number of carbonyl (C=O) groups excluding carboxylic acids is 2. The van der Waals surface area contributed by atoms with Crippen LogP contribution < -0.4 is 16.0 Å². The Morgan fingerprint density at radius 3 is 2.33 bits per heavy atom. The van der Waals surface area contributed by atoms with E-state index in [4.69, 9.17) is 5.11 Å². The number of carboxylic acid groups (broad SMARTS) is 1. The summed E-state index contributed by atoms with van der Waals surface area (Å²) in [6, 6.07) is -0.542. The molecule has 1 unspecified atom stereocenters. The van der Waals surface area contributed by atoms with E-state index in [2.05, 4.69) is 16.0 Å². The molecule has 0 aromatic heterocycles. The highest BCUT2D eigenvalue weighted by Crippen LogP contribution is 2.00. The van der Waals surface area contributed by atoms with Gasteiger partial charge in [0, 0.05) is 13.5 Å². The van der Waals surface area contributed by atoms with E-state index in [1.807, 2.05) is 0 Å². The second-order valence-electron chi connectivity index (χ2n) is 3.93. The highest BCUT2D eigenvalue weighted by atomic mass is 16.4. The number of likely N-dealkylation sites (N-methyl/N-ethyl adjacent to an activating group) is 1. The lowest BCUT2D eigenvalue weighted by Crippen LogP contribution is -2.36. The Morgan fingerprint density at radius 1 is 1.17 bits per heavy atom. The fourth-order valence-corrected chi connectivity index (χ4v) is 1.36. The molecule has 0 radical (unpaired) electrons. The maximum Gasteiger partial charge on any atom is 0.320 e. The molecule has 0 fully saturated rings. The highest BCUT2D eigenvalue weighted by Gasteiger charge is 2.13. The summed E-state index contributed by atoms with van der Waals surface area (Å²) in [6.45, 7) is 1.80. The van der Waals surface area contributed by atoms with Crippen LogP contribution in [0.1, 0.15) is 26.2 Å². The predicted octanol–water partition coefficient (Wildman–Crippen LogP) is -0.918. The lowest BCUT2D eigenvalue weighted by molar-refractivity contribution is -0.139. The molecule has 7 nitrogen and oxygen atoms in total. The molecule has 0 saturated carbocycles. The molecule has 0 bridgehead atoms. The first-order valence-corrected chi connectivity index (χ1v) is 5.88. The smallest absolute Gasteiger partial charge is 0.320 e. The van der Waals surface area contributed by atoms with Crippen LogP contribution in [-0.4, -0.2) is 49.1 Å². The van der Waals surface area contributed by atoms with Gasteiger partial charge in [-0.1, -0.05) is 0 Å². The van der Waals surface area contributed by atoms with Gasteiger partial charge in [-0.05, 0) is 26.3 Å². The summed E-state index contributed by atoms with van der Waals surface area (Å²) in [6.07, 6.45) is 1.93. The number of rotatable bonds is 9. The molecule has 18 heavy (non-hydrogen) atoms. The highest BCUT2D eigenvalue weighted by molar-refractivity contribution is 5.83. The van der Waals surface area contributed by atoms with Crippen molar-refractivity contribution < 1.29 is 19.5 Å². The number of amides is 2. The molecule has 0 heterocycles. The molecule has 0 saturated heterocycles. The van der Waals surface area contributed by atoms with Gasteiger partial charge in [0.25, 0.3) is 0 Å². The van der Waals surface area contributed by atoms with Gasteiger partial charge < -0.3 is 21.1 Å².